The Labute approximate surface area is 89.0 Å². The summed E-state index contributed by atoms with van der Waals surface area (Å²) in [5.41, 5.74) is -1.11. The first-order valence-electron chi connectivity index (χ1n) is 5.37. The highest BCUT2D eigenvalue weighted by atomic mass is 19.3. The molecule has 0 amide bonds. The normalized spacial score (nSPS) is 22.5. The molecule has 0 aliphatic heterocycles. The Bertz CT molecular complexity index is 204. The predicted molar refractivity (Wildman–Crippen MR) is 53.9 cm³/mol. The topological polar surface area (TPSA) is 17.1 Å². The van der Waals surface area contributed by atoms with Crippen LogP contribution in [0.15, 0.2) is 0 Å². The number of rotatable bonds is 2. The molecule has 90 valence electrons. The molecule has 1 fully saturated rings. The van der Waals surface area contributed by atoms with E-state index < -0.39 is 18.0 Å². The highest BCUT2D eigenvalue weighted by molar-refractivity contribution is 5.82. The number of Topliss-reactive ketones (excluding diaryl/α,β-unsaturated/α-hetero) is 1. The standard InChI is InChI=1S/C9H13F3O.C2H6/c1-7(13)8(6-10)2-4-9(11,12)5-3-8;1-2/h2-6H2,1H3;1-2H3. The molecule has 0 saturated heterocycles. The molecule has 15 heavy (non-hydrogen) atoms. The predicted octanol–water partition coefficient (Wildman–Crippen LogP) is 3.77. The molecule has 1 saturated carbocycles. The minimum Gasteiger partial charge on any atom is -0.299 e. The first-order valence-corrected chi connectivity index (χ1v) is 5.37. The van der Waals surface area contributed by atoms with Gasteiger partial charge in [-0.05, 0) is 19.8 Å². The third-order valence-corrected chi connectivity index (χ3v) is 2.94. The van der Waals surface area contributed by atoms with Crippen LogP contribution in [0.1, 0.15) is 46.5 Å². The SMILES string of the molecule is CC.CC(=O)C1(CF)CCC(F)(F)CC1. The third-order valence-electron chi connectivity index (χ3n) is 2.94. The Hall–Kier alpha value is -0.540. The quantitative estimate of drug-likeness (QED) is 0.697. The fourth-order valence-corrected chi connectivity index (χ4v) is 1.67. The number of hydrogen-bond donors (Lipinski definition) is 0. The molecule has 0 aromatic rings. The van der Waals surface area contributed by atoms with Crippen LogP contribution in [0.4, 0.5) is 13.2 Å². The molecule has 1 rings (SSSR count). The largest absolute Gasteiger partial charge is 0.299 e. The summed E-state index contributed by atoms with van der Waals surface area (Å²) in [6.45, 7) is 4.47. The summed E-state index contributed by atoms with van der Waals surface area (Å²) in [6, 6.07) is 0. The maximum Gasteiger partial charge on any atom is 0.248 e. The molecule has 1 nitrogen and oxygen atoms in total. The highest BCUT2D eigenvalue weighted by Crippen LogP contribution is 2.44. The Balaban J connectivity index is 0.000000921. The second-order valence-corrected chi connectivity index (χ2v) is 3.83. The summed E-state index contributed by atoms with van der Waals surface area (Å²) in [7, 11) is 0. The van der Waals surface area contributed by atoms with E-state index in [1.807, 2.05) is 13.8 Å². The number of carbonyl (C=O) groups excluding carboxylic acids is 1. The van der Waals surface area contributed by atoms with Crippen molar-refractivity contribution in [3.63, 3.8) is 0 Å². The minimum atomic E-state index is -2.70. The molecule has 0 radical (unpaired) electrons. The van der Waals surface area contributed by atoms with Crippen LogP contribution in [0.3, 0.4) is 0 Å². The van der Waals surface area contributed by atoms with Gasteiger partial charge in [0, 0.05) is 12.8 Å². The zero-order chi connectivity index (χ0) is 12.1. The van der Waals surface area contributed by atoms with Crippen LogP contribution in [0.5, 0.6) is 0 Å². The van der Waals surface area contributed by atoms with Crippen LogP contribution >= 0.6 is 0 Å². The molecular weight excluding hydrogens is 205 g/mol. The van der Waals surface area contributed by atoms with Gasteiger partial charge in [-0.3, -0.25) is 9.18 Å². The first kappa shape index (κ1) is 14.5. The summed E-state index contributed by atoms with van der Waals surface area (Å²) in [4.78, 5) is 11.1. The average molecular weight is 224 g/mol. The van der Waals surface area contributed by atoms with E-state index in [0.717, 1.165) is 0 Å². The lowest BCUT2D eigenvalue weighted by molar-refractivity contribution is -0.136. The zero-order valence-electron chi connectivity index (χ0n) is 9.58. The van der Waals surface area contributed by atoms with Crippen molar-refractivity contribution in [3.8, 4) is 0 Å². The van der Waals surface area contributed by atoms with Gasteiger partial charge < -0.3 is 0 Å². The molecule has 1 aliphatic carbocycles. The molecule has 0 unspecified atom stereocenters. The molecule has 0 aromatic carbocycles. The highest BCUT2D eigenvalue weighted by Gasteiger charge is 2.46. The van der Waals surface area contributed by atoms with E-state index in [2.05, 4.69) is 0 Å². The summed E-state index contributed by atoms with van der Waals surface area (Å²) in [5, 5.41) is 0. The van der Waals surface area contributed by atoms with Crippen LogP contribution in [0, 0.1) is 5.41 Å². The van der Waals surface area contributed by atoms with Gasteiger partial charge in [0.1, 0.15) is 12.5 Å². The van der Waals surface area contributed by atoms with E-state index in [1.54, 1.807) is 0 Å². The van der Waals surface area contributed by atoms with E-state index in [9.17, 15) is 18.0 Å². The van der Waals surface area contributed by atoms with E-state index in [4.69, 9.17) is 0 Å². The molecule has 0 spiro atoms. The van der Waals surface area contributed by atoms with E-state index in [0.29, 0.717) is 0 Å². The number of halogens is 3. The van der Waals surface area contributed by atoms with Crippen molar-refractivity contribution in [3.05, 3.63) is 0 Å². The maximum atomic E-state index is 12.7. The lowest BCUT2D eigenvalue weighted by Gasteiger charge is -2.35. The number of alkyl halides is 3. The van der Waals surface area contributed by atoms with Crippen LogP contribution in [0.25, 0.3) is 0 Å². The van der Waals surface area contributed by atoms with Gasteiger partial charge >= 0.3 is 0 Å². The van der Waals surface area contributed by atoms with Crippen molar-refractivity contribution in [1.82, 2.24) is 0 Å². The second kappa shape index (κ2) is 5.52. The summed E-state index contributed by atoms with van der Waals surface area (Å²) < 4.78 is 38.0. The molecule has 0 heterocycles. The lowest BCUT2D eigenvalue weighted by atomic mass is 9.71. The molecule has 1 aliphatic rings. The van der Waals surface area contributed by atoms with Crippen LogP contribution in [-0.2, 0) is 4.79 Å². The summed E-state index contributed by atoms with van der Waals surface area (Å²) in [6.07, 6.45) is -0.773. The van der Waals surface area contributed by atoms with Gasteiger partial charge in [-0.25, -0.2) is 8.78 Å². The molecule has 4 heteroatoms. The minimum absolute atomic E-state index is 0.0220. The van der Waals surface area contributed by atoms with Gasteiger partial charge in [0.15, 0.2) is 0 Å². The second-order valence-electron chi connectivity index (χ2n) is 3.83. The summed E-state index contributed by atoms with van der Waals surface area (Å²) >= 11 is 0. The van der Waals surface area contributed by atoms with Crippen molar-refractivity contribution >= 4 is 5.78 Å². The van der Waals surface area contributed by atoms with Crippen LogP contribution in [0.2, 0.25) is 0 Å². The molecule has 0 atom stereocenters. The average Bonchev–Trinajstić information content (AvgIpc) is 2.21. The number of ketones is 1. The molecule has 0 aromatic heterocycles. The first-order chi connectivity index (χ1) is 6.92. The smallest absolute Gasteiger partial charge is 0.248 e. The Morgan fingerprint density at radius 2 is 1.53 bits per heavy atom. The molecule has 0 bridgehead atoms. The van der Waals surface area contributed by atoms with E-state index >= 15 is 0 Å². The van der Waals surface area contributed by atoms with Gasteiger partial charge in [-0.2, -0.15) is 0 Å². The molecule has 0 N–H and O–H groups in total. The maximum absolute atomic E-state index is 12.7. The van der Waals surface area contributed by atoms with Crippen molar-refractivity contribution < 1.29 is 18.0 Å². The Morgan fingerprint density at radius 3 is 1.80 bits per heavy atom. The third kappa shape index (κ3) is 3.50. The van der Waals surface area contributed by atoms with Gasteiger partial charge in [0.25, 0.3) is 0 Å². The van der Waals surface area contributed by atoms with Crippen molar-refractivity contribution in [2.45, 2.75) is 52.4 Å². The van der Waals surface area contributed by atoms with Crippen molar-refractivity contribution in [1.29, 1.82) is 0 Å². The monoisotopic (exact) mass is 224 g/mol. The molecular formula is C11H19F3O. The van der Waals surface area contributed by atoms with E-state index in [-0.39, 0.29) is 31.5 Å². The fraction of sp³-hybridized carbons (Fsp3) is 0.909. The zero-order valence-corrected chi connectivity index (χ0v) is 9.58. The Morgan fingerprint density at radius 1 is 1.13 bits per heavy atom. The number of hydrogen-bond acceptors (Lipinski definition) is 1. The fourth-order valence-electron chi connectivity index (χ4n) is 1.67. The van der Waals surface area contributed by atoms with Crippen LogP contribution in [-0.4, -0.2) is 18.4 Å². The Kier molecular flexibility index (Phi) is 5.32. The van der Waals surface area contributed by atoms with Gasteiger partial charge in [-0.15, -0.1) is 0 Å². The van der Waals surface area contributed by atoms with Crippen molar-refractivity contribution in [2.24, 2.45) is 5.41 Å². The summed E-state index contributed by atoms with van der Waals surface area (Å²) in [5.74, 6) is -3.00. The van der Waals surface area contributed by atoms with Gasteiger partial charge in [-0.1, -0.05) is 13.8 Å². The lowest BCUT2D eigenvalue weighted by Crippen LogP contribution is -2.39. The van der Waals surface area contributed by atoms with Gasteiger partial charge in [0.2, 0.25) is 5.92 Å². The van der Waals surface area contributed by atoms with Crippen LogP contribution < -0.4 is 0 Å². The van der Waals surface area contributed by atoms with Gasteiger partial charge in [0.05, 0.1) is 5.41 Å². The van der Waals surface area contributed by atoms with Crippen molar-refractivity contribution in [2.75, 3.05) is 6.67 Å². The number of carbonyl (C=O) groups is 1. The van der Waals surface area contributed by atoms with E-state index in [1.165, 1.54) is 6.92 Å².